The highest BCUT2D eigenvalue weighted by Crippen LogP contribution is 2.43. The second-order valence-corrected chi connectivity index (χ2v) is 7.64. The van der Waals surface area contributed by atoms with Gasteiger partial charge in [0, 0.05) is 43.8 Å². The number of ether oxygens (including phenoxy) is 2. The SMILES string of the molecule is CN=C(NCCCOC1CCOC1)NCC1(c2ccc(Cl)cc2)CCC1. The molecule has 1 aromatic carbocycles. The zero-order chi connectivity index (χ0) is 18.2. The third-order valence-electron chi connectivity index (χ3n) is 5.44. The molecule has 3 rings (SSSR count). The standard InChI is InChI=1S/C20H30ClN3O2/c1-22-19(23-11-3-12-26-18-8-13-25-14-18)24-15-20(9-2-10-20)16-4-6-17(21)7-5-16/h4-7,18H,2-3,8-15H2,1H3,(H2,22,23,24). The van der Waals surface area contributed by atoms with Gasteiger partial charge in [-0.25, -0.2) is 0 Å². The highest BCUT2D eigenvalue weighted by atomic mass is 35.5. The average Bonchev–Trinajstić information content (AvgIpc) is 3.13. The van der Waals surface area contributed by atoms with Crippen LogP contribution in [-0.4, -0.2) is 52.0 Å². The van der Waals surface area contributed by atoms with E-state index in [4.69, 9.17) is 21.1 Å². The number of hydrogen-bond acceptors (Lipinski definition) is 3. The first kappa shape index (κ1) is 19.5. The number of halogens is 1. The summed E-state index contributed by atoms with van der Waals surface area (Å²) in [6.45, 7) is 4.07. The Morgan fingerprint density at radius 3 is 2.73 bits per heavy atom. The molecule has 6 heteroatoms. The summed E-state index contributed by atoms with van der Waals surface area (Å²) in [4.78, 5) is 4.34. The minimum absolute atomic E-state index is 0.202. The van der Waals surface area contributed by atoms with E-state index in [2.05, 4.69) is 27.8 Å². The molecule has 0 spiro atoms. The van der Waals surface area contributed by atoms with E-state index >= 15 is 0 Å². The Morgan fingerprint density at radius 2 is 2.12 bits per heavy atom. The third-order valence-corrected chi connectivity index (χ3v) is 5.69. The van der Waals surface area contributed by atoms with Gasteiger partial charge >= 0.3 is 0 Å². The fourth-order valence-corrected chi connectivity index (χ4v) is 3.75. The van der Waals surface area contributed by atoms with Gasteiger partial charge in [0.1, 0.15) is 0 Å². The lowest BCUT2D eigenvalue weighted by Gasteiger charge is -2.43. The second-order valence-electron chi connectivity index (χ2n) is 7.20. The lowest BCUT2D eigenvalue weighted by atomic mass is 9.64. The molecule has 1 saturated heterocycles. The van der Waals surface area contributed by atoms with E-state index in [1.54, 1.807) is 0 Å². The summed E-state index contributed by atoms with van der Waals surface area (Å²) >= 11 is 6.04. The molecule has 1 aromatic rings. The Bertz CT molecular complexity index is 581. The summed E-state index contributed by atoms with van der Waals surface area (Å²) in [5.74, 6) is 0.856. The van der Waals surface area contributed by atoms with Crippen molar-refractivity contribution >= 4 is 17.6 Å². The predicted molar refractivity (Wildman–Crippen MR) is 106 cm³/mol. The summed E-state index contributed by atoms with van der Waals surface area (Å²) in [6, 6.07) is 8.28. The molecule has 0 amide bonds. The number of nitrogens with zero attached hydrogens (tertiary/aromatic N) is 1. The monoisotopic (exact) mass is 379 g/mol. The van der Waals surface area contributed by atoms with Crippen molar-refractivity contribution in [3.8, 4) is 0 Å². The van der Waals surface area contributed by atoms with Gasteiger partial charge in [0.15, 0.2) is 5.96 Å². The largest absolute Gasteiger partial charge is 0.379 e. The van der Waals surface area contributed by atoms with Crippen LogP contribution in [-0.2, 0) is 14.9 Å². The zero-order valence-electron chi connectivity index (χ0n) is 15.6. The van der Waals surface area contributed by atoms with Gasteiger partial charge in [0.05, 0.1) is 12.7 Å². The fraction of sp³-hybridized carbons (Fsp3) is 0.650. The maximum absolute atomic E-state index is 6.04. The van der Waals surface area contributed by atoms with Crippen molar-refractivity contribution in [2.45, 2.75) is 43.6 Å². The summed E-state index contributed by atoms with van der Waals surface area (Å²) in [6.07, 6.45) is 5.94. The van der Waals surface area contributed by atoms with Crippen molar-refractivity contribution in [3.63, 3.8) is 0 Å². The fourth-order valence-electron chi connectivity index (χ4n) is 3.62. The first-order valence-corrected chi connectivity index (χ1v) is 10.00. The summed E-state index contributed by atoms with van der Waals surface area (Å²) < 4.78 is 11.1. The van der Waals surface area contributed by atoms with Gasteiger partial charge in [-0.3, -0.25) is 4.99 Å². The topological polar surface area (TPSA) is 54.9 Å². The summed E-state index contributed by atoms with van der Waals surface area (Å²) in [5, 5.41) is 7.68. The molecule has 2 fully saturated rings. The van der Waals surface area contributed by atoms with E-state index in [1.165, 1.54) is 24.8 Å². The van der Waals surface area contributed by atoms with Crippen LogP contribution in [0.25, 0.3) is 0 Å². The molecule has 1 saturated carbocycles. The van der Waals surface area contributed by atoms with Crippen LogP contribution in [0.1, 0.15) is 37.7 Å². The molecule has 0 aromatic heterocycles. The Balaban J connectivity index is 1.39. The molecular formula is C20H30ClN3O2. The minimum Gasteiger partial charge on any atom is -0.379 e. The van der Waals surface area contributed by atoms with Crippen molar-refractivity contribution in [2.75, 3.05) is 40.0 Å². The number of aliphatic imine (C=N–C) groups is 1. The Kier molecular flexibility index (Phi) is 7.17. The number of nitrogens with one attached hydrogen (secondary N) is 2. The molecule has 5 nitrogen and oxygen atoms in total. The Morgan fingerprint density at radius 1 is 1.31 bits per heavy atom. The van der Waals surface area contributed by atoms with E-state index in [0.29, 0.717) is 0 Å². The first-order chi connectivity index (χ1) is 12.7. The van der Waals surface area contributed by atoms with E-state index in [9.17, 15) is 0 Å². The van der Waals surface area contributed by atoms with Crippen LogP contribution < -0.4 is 10.6 Å². The maximum Gasteiger partial charge on any atom is 0.191 e. The van der Waals surface area contributed by atoms with Crippen molar-refractivity contribution in [2.24, 2.45) is 4.99 Å². The van der Waals surface area contributed by atoms with Crippen LogP contribution in [0.2, 0.25) is 5.02 Å². The van der Waals surface area contributed by atoms with Crippen molar-refractivity contribution in [1.82, 2.24) is 10.6 Å². The molecule has 1 atom stereocenters. The highest BCUT2D eigenvalue weighted by Gasteiger charge is 2.38. The van der Waals surface area contributed by atoms with Gasteiger partial charge in [-0.1, -0.05) is 30.2 Å². The quantitative estimate of drug-likeness (QED) is 0.414. The maximum atomic E-state index is 6.04. The Hall–Kier alpha value is -1.30. The molecule has 1 heterocycles. The molecule has 1 aliphatic carbocycles. The molecule has 0 bridgehead atoms. The summed E-state index contributed by atoms with van der Waals surface area (Å²) in [5.41, 5.74) is 1.57. The molecule has 1 aliphatic heterocycles. The predicted octanol–water partition coefficient (Wildman–Crippen LogP) is 3.12. The van der Waals surface area contributed by atoms with Gasteiger partial charge in [0.2, 0.25) is 0 Å². The van der Waals surface area contributed by atoms with E-state index in [1.807, 2.05) is 19.2 Å². The number of guanidine groups is 1. The van der Waals surface area contributed by atoms with Crippen molar-refractivity contribution in [1.29, 1.82) is 0 Å². The van der Waals surface area contributed by atoms with Crippen LogP contribution in [0.3, 0.4) is 0 Å². The first-order valence-electron chi connectivity index (χ1n) is 9.62. The number of benzene rings is 1. The van der Waals surface area contributed by atoms with Crippen LogP contribution in [0.5, 0.6) is 0 Å². The van der Waals surface area contributed by atoms with E-state index in [0.717, 1.165) is 56.7 Å². The molecule has 2 aliphatic rings. The second kappa shape index (κ2) is 9.58. The van der Waals surface area contributed by atoms with E-state index < -0.39 is 0 Å². The molecule has 0 radical (unpaired) electrons. The number of hydrogen-bond donors (Lipinski definition) is 2. The lowest BCUT2D eigenvalue weighted by Crippen LogP contribution is -2.49. The van der Waals surface area contributed by atoms with Crippen molar-refractivity contribution in [3.05, 3.63) is 34.9 Å². The molecule has 1 unspecified atom stereocenters. The van der Waals surface area contributed by atoms with Gasteiger partial charge < -0.3 is 20.1 Å². The van der Waals surface area contributed by atoms with Crippen LogP contribution >= 0.6 is 11.6 Å². The van der Waals surface area contributed by atoms with Crippen LogP contribution in [0, 0.1) is 0 Å². The minimum atomic E-state index is 0.202. The van der Waals surface area contributed by atoms with Gasteiger partial charge in [-0.2, -0.15) is 0 Å². The molecule has 26 heavy (non-hydrogen) atoms. The van der Waals surface area contributed by atoms with Gasteiger partial charge in [-0.05, 0) is 43.4 Å². The average molecular weight is 380 g/mol. The normalized spacial score (nSPS) is 22.1. The van der Waals surface area contributed by atoms with Crippen LogP contribution in [0.4, 0.5) is 0 Å². The number of rotatable bonds is 8. The highest BCUT2D eigenvalue weighted by molar-refractivity contribution is 6.30. The Labute approximate surface area is 161 Å². The summed E-state index contributed by atoms with van der Waals surface area (Å²) in [7, 11) is 1.82. The smallest absolute Gasteiger partial charge is 0.191 e. The van der Waals surface area contributed by atoms with Gasteiger partial charge in [0.25, 0.3) is 0 Å². The molecular weight excluding hydrogens is 350 g/mol. The molecule has 2 N–H and O–H groups in total. The van der Waals surface area contributed by atoms with E-state index in [-0.39, 0.29) is 11.5 Å². The third kappa shape index (κ3) is 5.12. The molecule has 144 valence electrons. The van der Waals surface area contributed by atoms with Crippen LogP contribution in [0.15, 0.2) is 29.3 Å². The zero-order valence-corrected chi connectivity index (χ0v) is 16.4. The van der Waals surface area contributed by atoms with Gasteiger partial charge in [-0.15, -0.1) is 0 Å². The van der Waals surface area contributed by atoms with Crippen molar-refractivity contribution < 1.29 is 9.47 Å². The lowest BCUT2D eigenvalue weighted by molar-refractivity contribution is 0.0420.